The summed E-state index contributed by atoms with van der Waals surface area (Å²) in [5.74, 6) is -0.299. The van der Waals surface area contributed by atoms with E-state index >= 15 is 0 Å². The van der Waals surface area contributed by atoms with Crippen molar-refractivity contribution in [2.45, 2.75) is 20.8 Å². The molecule has 0 saturated heterocycles. The van der Waals surface area contributed by atoms with Crippen molar-refractivity contribution >= 4 is 23.9 Å². The van der Waals surface area contributed by atoms with Crippen LogP contribution < -0.4 is 14.2 Å². The Balaban J connectivity index is 2.38. The quantitative estimate of drug-likeness (QED) is 0.491. The van der Waals surface area contributed by atoms with Gasteiger partial charge in [-0.25, -0.2) is 4.79 Å². The number of aromatic hydroxyl groups is 1. The first-order chi connectivity index (χ1) is 11.8. The number of fused-ring (bicyclic) bond motifs is 2. The molecule has 1 N–H and O–H groups in total. The van der Waals surface area contributed by atoms with Crippen molar-refractivity contribution in [2.24, 2.45) is 0 Å². The zero-order valence-corrected chi connectivity index (χ0v) is 14.8. The molecule has 3 rings (SSSR count). The third-order valence-electron chi connectivity index (χ3n) is 4.18. The van der Waals surface area contributed by atoms with Crippen LogP contribution in [-0.2, 0) is 0 Å². The maximum absolute atomic E-state index is 12.6. The predicted molar refractivity (Wildman–Crippen MR) is 90.7 cm³/mol. The summed E-state index contributed by atoms with van der Waals surface area (Å²) >= 11 is 6.32. The van der Waals surface area contributed by atoms with Gasteiger partial charge >= 0.3 is 5.97 Å². The fourth-order valence-electron chi connectivity index (χ4n) is 2.87. The van der Waals surface area contributed by atoms with Gasteiger partial charge in [0.25, 0.3) is 0 Å². The number of carbonyl (C=O) groups is 2. The van der Waals surface area contributed by atoms with E-state index in [1.54, 1.807) is 20.8 Å². The molecule has 2 aromatic rings. The molecule has 6 nitrogen and oxygen atoms in total. The lowest BCUT2D eigenvalue weighted by molar-refractivity contribution is 0.0735. The van der Waals surface area contributed by atoms with Gasteiger partial charge in [0.2, 0.25) is 0 Å². The number of phenolic OH excluding ortho intramolecular Hbond substituents is 1. The number of phenols is 1. The van der Waals surface area contributed by atoms with Crippen LogP contribution in [0.1, 0.15) is 37.4 Å². The minimum absolute atomic E-state index is 0.0556. The predicted octanol–water partition coefficient (Wildman–Crippen LogP) is 4.12. The van der Waals surface area contributed by atoms with E-state index in [2.05, 4.69) is 0 Å². The Morgan fingerprint density at radius 1 is 1.12 bits per heavy atom. The molecule has 7 heteroatoms. The maximum Gasteiger partial charge on any atom is 0.347 e. The summed E-state index contributed by atoms with van der Waals surface area (Å²) in [5.41, 5.74) is 1.34. The third kappa shape index (κ3) is 2.41. The molecule has 0 radical (unpaired) electrons. The molecule has 0 amide bonds. The molecule has 0 fully saturated rings. The smallest absolute Gasteiger partial charge is 0.347 e. The van der Waals surface area contributed by atoms with Crippen molar-refractivity contribution in [3.63, 3.8) is 0 Å². The van der Waals surface area contributed by atoms with Gasteiger partial charge in [-0.3, -0.25) is 4.79 Å². The number of carbonyl (C=O) groups excluding carboxylic acids is 2. The van der Waals surface area contributed by atoms with Crippen LogP contribution in [-0.4, -0.2) is 24.5 Å². The Morgan fingerprint density at radius 3 is 2.36 bits per heavy atom. The Labute approximate surface area is 148 Å². The third-order valence-corrected chi connectivity index (χ3v) is 4.63. The lowest BCUT2D eigenvalue weighted by Crippen LogP contribution is -2.11. The standard InChI is InChI=1S/C18H15ClO6/c1-7-5-11(21)10(6-20)17-12(7)18(22)25-16-9(3)14(23-4)13(19)8(2)15(16)24-17/h5-6,21H,1-4H3. The molecule has 130 valence electrons. The number of rotatable bonds is 2. The van der Waals surface area contributed by atoms with Gasteiger partial charge in [0.15, 0.2) is 23.5 Å². The van der Waals surface area contributed by atoms with Crippen LogP contribution in [0, 0.1) is 20.8 Å². The summed E-state index contributed by atoms with van der Waals surface area (Å²) in [4.78, 5) is 24.1. The number of esters is 1. The van der Waals surface area contributed by atoms with Crippen LogP contribution in [0.25, 0.3) is 0 Å². The summed E-state index contributed by atoms with van der Waals surface area (Å²) in [6.07, 6.45) is 0.430. The molecule has 1 aliphatic rings. The fraction of sp³-hybridized carbons (Fsp3) is 0.222. The number of hydrogen-bond donors (Lipinski definition) is 1. The summed E-state index contributed by atoms with van der Waals surface area (Å²) in [6.45, 7) is 4.97. The number of ether oxygens (including phenoxy) is 3. The van der Waals surface area contributed by atoms with Crippen LogP contribution in [0.2, 0.25) is 5.02 Å². The highest BCUT2D eigenvalue weighted by atomic mass is 35.5. The monoisotopic (exact) mass is 362 g/mol. The Morgan fingerprint density at radius 2 is 1.76 bits per heavy atom. The Bertz CT molecular complexity index is 932. The van der Waals surface area contributed by atoms with Crippen molar-refractivity contribution in [1.82, 2.24) is 0 Å². The molecular formula is C18H15ClO6. The van der Waals surface area contributed by atoms with E-state index in [4.69, 9.17) is 25.8 Å². The van der Waals surface area contributed by atoms with Gasteiger partial charge in [0, 0.05) is 11.1 Å². The Kier molecular flexibility index (Phi) is 4.08. The summed E-state index contributed by atoms with van der Waals surface area (Å²) in [5, 5.41) is 10.3. The largest absolute Gasteiger partial charge is 0.507 e. The molecule has 25 heavy (non-hydrogen) atoms. The lowest BCUT2D eigenvalue weighted by atomic mass is 10.0. The van der Waals surface area contributed by atoms with E-state index in [1.807, 2.05) is 0 Å². The van der Waals surface area contributed by atoms with Crippen LogP contribution in [0.4, 0.5) is 0 Å². The van der Waals surface area contributed by atoms with E-state index in [1.165, 1.54) is 13.2 Å². The molecule has 1 aliphatic heterocycles. The average Bonchev–Trinajstić information content (AvgIpc) is 2.71. The second-order valence-corrected chi connectivity index (χ2v) is 6.07. The summed E-state index contributed by atoms with van der Waals surface area (Å²) < 4.78 is 16.7. The van der Waals surface area contributed by atoms with Gasteiger partial charge in [-0.2, -0.15) is 0 Å². The zero-order valence-electron chi connectivity index (χ0n) is 14.0. The summed E-state index contributed by atoms with van der Waals surface area (Å²) in [6, 6.07) is 1.32. The van der Waals surface area contributed by atoms with Gasteiger partial charge in [0.1, 0.15) is 17.1 Å². The van der Waals surface area contributed by atoms with Crippen molar-refractivity contribution in [2.75, 3.05) is 7.11 Å². The van der Waals surface area contributed by atoms with Crippen LogP contribution in [0.5, 0.6) is 28.7 Å². The summed E-state index contributed by atoms with van der Waals surface area (Å²) in [7, 11) is 1.46. The highest BCUT2D eigenvalue weighted by molar-refractivity contribution is 6.33. The highest BCUT2D eigenvalue weighted by Gasteiger charge is 2.33. The molecule has 0 aromatic heterocycles. The number of halogens is 1. The normalized spacial score (nSPS) is 12.4. The minimum atomic E-state index is -0.693. The molecule has 2 aromatic carbocycles. The van der Waals surface area contributed by atoms with Crippen LogP contribution in [0.15, 0.2) is 6.07 Å². The second-order valence-electron chi connectivity index (χ2n) is 5.70. The Hall–Kier alpha value is -2.73. The second kappa shape index (κ2) is 5.97. The number of benzene rings is 2. The van der Waals surface area contributed by atoms with Crippen molar-refractivity contribution in [3.05, 3.63) is 38.9 Å². The zero-order chi connectivity index (χ0) is 18.5. The van der Waals surface area contributed by atoms with E-state index in [9.17, 15) is 14.7 Å². The fourth-order valence-corrected chi connectivity index (χ4v) is 3.18. The first kappa shape index (κ1) is 17.1. The first-order valence-electron chi connectivity index (χ1n) is 7.40. The highest BCUT2D eigenvalue weighted by Crippen LogP contribution is 2.51. The molecule has 0 spiro atoms. The number of aryl methyl sites for hydroxylation is 1. The first-order valence-corrected chi connectivity index (χ1v) is 7.78. The molecule has 0 aliphatic carbocycles. The molecule has 0 atom stereocenters. The number of methoxy groups -OCH3 is 1. The maximum atomic E-state index is 12.6. The molecule has 0 saturated carbocycles. The molecule has 0 unspecified atom stereocenters. The van der Waals surface area contributed by atoms with E-state index in [0.717, 1.165) is 0 Å². The van der Waals surface area contributed by atoms with Gasteiger partial charge in [-0.05, 0) is 32.4 Å². The molecular weight excluding hydrogens is 348 g/mol. The van der Waals surface area contributed by atoms with Crippen LogP contribution in [0.3, 0.4) is 0 Å². The number of aldehydes is 1. The van der Waals surface area contributed by atoms with Crippen molar-refractivity contribution < 1.29 is 28.9 Å². The van der Waals surface area contributed by atoms with E-state index < -0.39 is 5.97 Å². The van der Waals surface area contributed by atoms with Crippen molar-refractivity contribution in [1.29, 1.82) is 0 Å². The molecule has 0 bridgehead atoms. The average molecular weight is 363 g/mol. The minimum Gasteiger partial charge on any atom is -0.507 e. The number of hydrogen-bond acceptors (Lipinski definition) is 6. The lowest BCUT2D eigenvalue weighted by Gasteiger charge is -2.17. The van der Waals surface area contributed by atoms with Gasteiger partial charge in [0.05, 0.1) is 17.7 Å². The van der Waals surface area contributed by atoms with Gasteiger partial charge in [-0.15, -0.1) is 0 Å². The topological polar surface area (TPSA) is 82.1 Å². The van der Waals surface area contributed by atoms with E-state index in [0.29, 0.717) is 33.7 Å². The van der Waals surface area contributed by atoms with E-state index in [-0.39, 0.29) is 34.1 Å². The van der Waals surface area contributed by atoms with Gasteiger partial charge in [-0.1, -0.05) is 11.6 Å². The van der Waals surface area contributed by atoms with Gasteiger partial charge < -0.3 is 19.3 Å². The SMILES string of the molecule is COc1c(C)c2c(c(C)c1Cl)Oc1c(C=O)c(O)cc(C)c1C(=O)O2. The molecule has 1 heterocycles. The van der Waals surface area contributed by atoms with Crippen molar-refractivity contribution in [3.8, 4) is 28.7 Å². The van der Waals surface area contributed by atoms with Crippen LogP contribution >= 0.6 is 11.6 Å².